The van der Waals surface area contributed by atoms with E-state index in [9.17, 15) is 13.2 Å². The first-order valence-electron chi connectivity index (χ1n) is 11.7. The van der Waals surface area contributed by atoms with Crippen LogP contribution >= 0.6 is 0 Å². The van der Waals surface area contributed by atoms with Crippen LogP contribution in [0.4, 0.5) is 0 Å². The molecule has 0 bridgehead atoms. The van der Waals surface area contributed by atoms with Gasteiger partial charge in [0.1, 0.15) is 22.1 Å². The zero-order valence-corrected chi connectivity index (χ0v) is 20.3. The van der Waals surface area contributed by atoms with E-state index in [1.54, 1.807) is 18.2 Å². The molecule has 5 rings (SSSR count). The topological polar surface area (TPSA) is 82.1 Å². The molecule has 0 atom stereocenters. The Morgan fingerprint density at radius 1 is 0.914 bits per heavy atom. The Labute approximate surface area is 205 Å². The summed E-state index contributed by atoms with van der Waals surface area (Å²) in [4.78, 5) is 15.5. The van der Waals surface area contributed by atoms with Crippen LogP contribution in [0.3, 0.4) is 0 Å². The Morgan fingerprint density at radius 2 is 1.69 bits per heavy atom. The first-order chi connectivity index (χ1) is 16.9. The largest absolute Gasteiger partial charge is 0.497 e. The van der Waals surface area contributed by atoms with Crippen molar-refractivity contribution in [2.45, 2.75) is 49.3 Å². The summed E-state index contributed by atoms with van der Waals surface area (Å²) in [5.74, 6) is 0.715. The van der Waals surface area contributed by atoms with Crippen molar-refractivity contribution in [1.29, 1.82) is 0 Å². The fourth-order valence-corrected chi connectivity index (χ4v) is 5.75. The standard InChI is InChI=1S/C27H27NO6S/c1-32-21-11-8-12-23(17-21)35(30,31)34-22-13-14-24-25(18-22)33-27(15-6-3-7-16-27)28(26(24)29)19-20-9-4-2-5-10-20/h2,4-5,8-14,17-18H,3,6-7,15-16,19H2,1H3. The highest BCUT2D eigenvalue weighted by molar-refractivity contribution is 7.87. The number of benzene rings is 3. The molecule has 3 aromatic carbocycles. The van der Waals surface area contributed by atoms with Crippen molar-refractivity contribution in [3.8, 4) is 17.2 Å². The van der Waals surface area contributed by atoms with Gasteiger partial charge in [-0.05, 0) is 42.7 Å². The number of methoxy groups -OCH3 is 1. The number of fused-ring (bicyclic) bond motifs is 1. The molecular formula is C27H27NO6S. The molecule has 0 saturated heterocycles. The lowest BCUT2D eigenvalue weighted by Crippen LogP contribution is -2.59. The van der Waals surface area contributed by atoms with Gasteiger partial charge in [0.15, 0.2) is 5.72 Å². The Kier molecular flexibility index (Phi) is 6.15. The maximum atomic E-state index is 13.7. The zero-order chi connectivity index (χ0) is 24.5. The van der Waals surface area contributed by atoms with Crippen molar-refractivity contribution in [2.24, 2.45) is 0 Å². The number of carbonyl (C=O) groups is 1. The van der Waals surface area contributed by atoms with Crippen molar-refractivity contribution in [3.05, 3.63) is 83.9 Å². The molecule has 35 heavy (non-hydrogen) atoms. The molecule has 1 amide bonds. The van der Waals surface area contributed by atoms with Crippen molar-refractivity contribution in [3.63, 3.8) is 0 Å². The molecule has 0 radical (unpaired) electrons. The Bertz CT molecular complexity index is 1330. The summed E-state index contributed by atoms with van der Waals surface area (Å²) < 4.78 is 42.8. The molecule has 1 spiro atoms. The third-order valence-corrected chi connectivity index (χ3v) is 7.82. The summed E-state index contributed by atoms with van der Waals surface area (Å²) in [7, 11) is -2.64. The smallest absolute Gasteiger partial charge is 0.339 e. The summed E-state index contributed by atoms with van der Waals surface area (Å²) in [5, 5.41) is 0. The number of rotatable bonds is 6. The molecule has 1 fully saturated rings. The van der Waals surface area contributed by atoms with E-state index in [0.29, 0.717) is 23.6 Å². The van der Waals surface area contributed by atoms with Crippen LogP contribution in [-0.4, -0.2) is 32.1 Å². The zero-order valence-electron chi connectivity index (χ0n) is 19.5. The Balaban J connectivity index is 1.47. The molecule has 0 N–H and O–H groups in total. The lowest BCUT2D eigenvalue weighted by molar-refractivity contribution is -0.103. The number of hydrogen-bond acceptors (Lipinski definition) is 6. The van der Waals surface area contributed by atoms with Crippen LogP contribution < -0.4 is 13.7 Å². The molecule has 7 nitrogen and oxygen atoms in total. The van der Waals surface area contributed by atoms with Crippen LogP contribution in [0.15, 0.2) is 77.7 Å². The minimum absolute atomic E-state index is 0.0237. The van der Waals surface area contributed by atoms with E-state index >= 15 is 0 Å². The van der Waals surface area contributed by atoms with E-state index < -0.39 is 15.8 Å². The molecule has 0 unspecified atom stereocenters. The fraction of sp³-hybridized carbons (Fsp3) is 0.296. The normalized spacial score (nSPS) is 16.9. The van der Waals surface area contributed by atoms with Crippen LogP contribution in [0.2, 0.25) is 0 Å². The molecule has 0 aromatic heterocycles. The molecule has 1 aliphatic carbocycles. The summed E-state index contributed by atoms with van der Waals surface area (Å²) >= 11 is 0. The van der Waals surface area contributed by atoms with Crippen molar-refractivity contribution in [2.75, 3.05) is 7.11 Å². The minimum atomic E-state index is -4.10. The maximum Gasteiger partial charge on any atom is 0.339 e. The lowest BCUT2D eigenvalue weighted by Gasteiger charge is -2.49. The SMILES string of the molecule is COc1cccc(S(=O)(=O)Oc2ccc3c(c2)OC2(CCCCC2)N(Cc2ccccc2)C3=O)c1. The fourth-order valence-electron chi connectivity index (χ4n) is 4.80. The van der Waals surface area contributed by atoms with Crippen molar-refractivity contribution < 1.29 is 26.9 Å². The minimum Gasteiger partial charge on any atom is -0.497 e. The highest BCUT2D eigenvalue weighted by Crippen LogP contribution is 2.44. The average Bonchev–Trinajstić information content (AvgIpc) is 2.87. The monoisotopic (exact) mass is 493 g/mol. The van der Waals surface area contributed by atoms with Crippen LogP contribution in [-0.2, 0) is 16.7 Å². The molecule has 1 heterocycles. The second-order valence-corrected chi connectivity index (χ2v) is 10.4. The van der Waals surface area contributed by atoms with Crippen LogP contribution in [0.5, 0.6) is 17.2 Å². The van der Waals surface area contributed by atoms with Crippen LogP contribution in [0.1, 0.15) is 48.0 Å². The molecule has 2 aliphatic rings. The van der Waals surface area contributed by atoms with Gasteiger partial charge in [0.05, 0.1) is 12.7 Å². The maximum absolute atomic E-state index is 13.7. The van der Waals surface area contributed by atoms with E-state index in [2.05, 4.69) is 0 Å². The molecule has 1 saturated carbocycles. The lowest BCUT2D eigenvalue weighted by atomic mass is 9.87. The quantitative estimate of drug-likeness (QED) is 0.441. The van der Waals surface area contributed by atoms with Gasteiger partial charge < -0.3 is 13.7 Å². The van der Waals surface area contributed by atoms with Gasteiger partial charge in [-0.2, -0.15) is 8.42 Å². The molecular weight excluding hydrogens is 466 g/mol. The second-order valence-electron chi connectivity index (χ2n) is 8.86. The van der Waals surface area contributed by atoms with E-state index in [0.717, 1.165) is 37.7 Å². The average molecular weight is 494 g/mol. The van der Waals surface area contributed by atoms with Gasteiger partial charge in [-0.15, -0.1) is 0 Å². The summed E-state index contributed by atoms with van der Waals surface area (Å²) in [5.41, 5.74) is 0.660. The number of hydrogen-bond donors (Lipinski definition) is 0. The highest BCUT2D eigenvalue weighted by Gasteiger charge is 2.47. The van der Waals surface area contributed by atoms with Crippen LogP contribution in [0, 0.1) is 0 Å². The van der Waals surface area contributed by atoms with Gasteiger partial charge in [0, 0.05) is 31.5 Å². The van der Waals surface area contributed by atoms with Gasteiger partial charge in [-0.1, -0.05) is 42.8 Å². The molecule has 1 aliphatic heterocycles. The number of nitrogens with zero attached hydrogens (tertiary/aromatic N) is 1. The van der Waals surface area contributed by atoms with Crippen LogP contribution in [0.25, 0.3) is 0 Å². The number of amides is 1. The first-order valence-corrected chi connectivity index (χ1v) is 13.1. The first kappa shape index (κ1) is 23.2. The molecule has 3 aromatic rings. The van der Waals surface area contributed by atoms with Gasteiger partial charge in [-0.25, -0.2) is 0 Å². The van der Waals surface area contributed by atoms with Gasteiger partial charge in [-0.3, -0.25) is 9.69 Å². The van der Waals surface area contributed by atoms with E-state index in [-0.39, 0.29) is 16.6 Å². The predicted molar refractivity (Wildman–Crippen MR) is 130 cm³/mol. The Hall–Kier alpha value is -3.52. The third kappa shape index (κ3) is 4.58. The Morgan fingerprint density at radius 3 is 2.43 bits per heavy atom. The van der Waals surface area contributed by atoms with Gasteiger partial charge >= 0.3 is 10.1 Å². The van der Waals surface area contributed by atoms with E-state index in [4.69, 9.17) is 13.7 Å². The van der Waals surface area contributed by atoms with E-state index in [1.165, 1.54) is 31.4 Å². The summed E-state index contributed by atoms with van der Waals surface area (Å²) in [6, 6.07) is 20.5. The van der Waals surface area contributed by atoms with Gasteiger partial charge in [0.25, 0.3) is 5.91 Å². The van der Waals surface area contributed by atoms with Gasteiger partial charge in [0.2, 0.25) is 0 Å². The summed E-state index contributed by atoms with van der Waals surface area (Å²) in [6.45, 7) is 0.446. The van der Waals surface area contributed by atoms with Crippen molar-refractivity contribution >= 4 is 16.0 Å². The van der Waals surface area contributed by atoms with E-state index in [1.807, 2.05) is 35.2 Å². The number of carbonyl (C=O) groups excluding carboxylic acids is 1. The summed E-state index contributed by atoms with van der Waals surface area (Å²) in [6.07, 6.45) is 4.44. The molecule has 8 heteroatoms. The predicted octanol–water partition coefficient (Wildman–Crippen LogP) is 5.16. The highest BCUT2D eigenvalue weighted by atomic mass is 32.2. The second kappa shape index (κ2) is 9.26. The molecule has 182 valence electrons. The number of ether oxygens (including phenoxy) is 2. The van der Waals surface area contributed by atoms with Crippen molar-refractivity contribution in [1.82, 2.24) is 4.90 Å². The third-order valence-electron chi connectivity index (χ3n) is 6.57.